The number of ether oxygens (including phenoxy) is 1. The van der Waals surface area contributed by atoms with E-state index in [4.69, 9.17) is 4.74 Å². The highest BCUT2D eigenvalue weighted by Gasteiger charge is 2.27. The topological polar surface area (TPSA) is 41.6 Å². The first kappa shape index (κ1) is 17.5. The van der Waals surface area contributed by atoms with E-state index in [-0.39, 0.29) is 5.91 Å². The van der Waals surface area contributed by atoms with Gasteiger partial charge in [0.1, 0.15) is 5.75 Å². The van der Waals surface area contributed by atoms with Crippen molar-refractivity contribution in [1.29, 1.82) is 0 Å². The largest absolute Gasteiger partial charge is 0.481 e. The van der Waals surface area contributed by atoms with E-state index in [0.29, 0.717) is 6.04 Å². The van der Waals surface area contributed by atoms with Crippen LogP contribution in [0.15, 0.2) is 54.6 Å². The van der Waals surface area contributed by atoms with E-state index in [1.54, 1.807) is 0 Å². The summed E-state index contributed by atoms with van der Waals surface area (Å²) < 4.78 is 5.88. The van der Waals surface area contributed by atoms with Gasteiger partial charge in [-0.2, -0.15) is 0 Å². The summed E-state index contributed by atoms with van der Waals surface area (Å²) in [6, 6.07) is 18.5. The third-order valence-corrected chi connectivity index (χ3v) is 4.76. The molecule has 4 heteroatoms. The van der Waals surface area contributed by atoms with Crippen molar-refractivity contribution >= 4 is 5.91 Å². The van der Waals surface area contributed by atoms with Gasteiger partial charge in [-0.05, 0) is 50.1 Å². The number of piperidine rings is 1. The summed E-state index contributed by atoms with van der Waals surface area (Å²) in [6.07, 6.45) is 1.69. The van der Waals surface area contributed by atoms with Gasteiger partial charge in [-0.15, -0.1) is 0 Å². The fourth-order valence-electron chi connectivity index (χ4n) is 3.28. The van der Waals surface area contributed by atoms with Crippen LogP contribution in [0.1, 0.15) is 19.8 Å². The number of hydrogen-bond donors (Lipinski definition) is 1. The average molecular weight is 338 g/mol. The normalized spacial score (nSPS) is 18.6. The molecule has 1 fully saturated rings. The van der Waals surface area contributed by atoms with Gasteiger partial charge in [0.15, 0.2) is 6.10 Å². The molecule has 1 heterocycles. The number of carbonyl (C=O) groups excluding carboxylic acids is 1. The molecule has 2 unspecified atom stereocenters. The molecule has 132 valence electrons. The molecule has 0 aliphatic carbocycles. The SMILES string of the molecule is CNC1CCCN(C(=O)C(C)Oc2ccc(-c3ccccc3)cc2)C1. The molecule has 1 aliphatic heterocycles. The number of rotatable bonds is 5. The van der Waals surface area contributed by atoms with E-state index >= 15 is 0 Å². The number of nitrogens with one attached hydrogen (secondary N) is 1. The highest BCUT2D eigenvalue weighted by atomic mass is 16.5. The van der Waals surface area contributed by atoms with Crippen LogP contribution < -0.4 is 10.1 Å². The van der Waals surface area contributed by atoms with Gasteiger partial charge in [0, 0.05) is 19.1 Å². The van der Waals surface area contributed by atoms with Crippen LogP contribution in [0.25, 0.3) is 11.1 Å². The van der Waals surface area contributed by atoms with Crippen LogP contribution in [0.3, 0.4) is 0 Å². The molecule has 25 heavy (non-hydrogen) atoms. The summed E-state index contributed by atoms with van der Waals surface area (Å²) in [5.74, 6) is 0.787. The molecule has 1 N–H and O–H groups in total. The van der Waals surface area contributed by atoms with Crippen LogP contribution >= 0.6 is 0 Å². The Labute approximate surface area is 149 Å². The monoisotopic (exact) mass is 338 g/mol. The summed E-state index contributed by atoms with van der Waals surface area (Å²) in [6.45, 7) is 3.41. The Morgan fingerprint density at radius 1 is 1.12 bits per heavy atom. The zero-order valence-electron chi connectivity index (χ0n) is 14.9. The van der Waals surface area contributed by atoms with Crippen LogP contribution in [0.5, 0.6) is 5.75 Å². The van der Waals surface area contributed by atoms with Crippen LogP contribution in [-0.2, 0) is 4.79 Å². The molecule has 2 aromatic carbocycles. The molecule has 0 aromatic heterocycles. The lowest BCUT2D eigenvalue weighted by Crippen LogP contribution is -2.50. The average Bonchev–Trinajstić information content (AvgIpc) is 2.68. The highest BCUT2D eigenvalue weighted by molar-refractivity contribution is 5.81. The lowest BCUT2D eigenvalue weighted by molar-refractivity contribution is -0.139. The number of carbonyl (C=O) groups is 1. The van der Waals surface area contributed by atoms with Crippen molar-refractivity contribution in [3.8, 4) is 16.9 Å². The van der Waals surface area contributed by atoms with E-state index < -0.39 is 6.10 Å². The Balaban J connectivity index is 1.60. The predicted molar refractivity (Wildman–Crippen MR) is 101 cm³/mol. The Bertz CT molecular complexity index is 685. The maximum absolute atomic E-state index is 12.6. The zero-order chi connectivity index (χ0) is 17.6. The van der Waals surface area contributed by atoms with Crippen LogP contribution in [0.4, 0.5) is 0 Å². The molecule has 3 rings (SSSR count). The van der Waals surface area contributed by atoms with E-state index in [9.17, 15) is 4.79 Å². The molecule has 4 nitrogen and oxygen atoms in total. The number of nitrogens with zero attached hydrogens (tertiary/aromatic N) is 1. The number of likely N-dealkylation sites (N-methyl/N-ethyl adjacent to an activating group) is 1. The van der Waals surface area contributed by atoms with Gasteiger partial charge < -0.3 is 15.0 Å². The van der Waals surface area contributed by atoms with Gasteiger partial charge in [0.25, 0.3) is 5.91 Å². The number of benzene rings is 2. The van der Waals surface area contributed by atoms with Crippen LogP contribution in [0.2, 0.25) is 0 Å². The maximum atomic E-state index is 12.6. The highest BCUT2D eigenvalue weighted by Crippen LogP contribution is 2.23. The van der Waals surface area contributed by atoms with Gasteiger partial charge in [-0.3, -0.25) is 4.79 Å². The zero-order valence-corrected chi connectivity index (χ0v) is 14.9. The van der Waals surface area contributed by atoms with E-state index in [0.717, 1.165) is 37.2 Å². The second-order valence-corrected chi connectivity index (χ2v) is 6.56. The molecule has 1 saturated heterocycles. The first-order valence-corrected chi connectivity index (χ1v) is 8.95. The third kappa shape index (κ3) is 4.40. The van der Waals surface area contributed by atoms with E-state index in [1.807, 2.05) is 61.3 Å². The predicted octanol–water partition coefficient (Wildman–Crippen LogP) is 3.33. The molecular weight excluding hydrogens is 312 g/mol. The summed E-state index contributed by atoms with van der Waals surface area (Å²) in [5, 5.41) is 3.26. The van der Waals surface area contributed by atoms with E-state index in [1.165, 1.54) is 5.56 Å². The Hall–Kier alpha value is -2.33. The quantitative estimate of drug-likeness (QED) is 0.909. The van der Waals surface area contributed by atoms with Crippen LogP contribution in [-0.4, -0.2) is 43.1 Å². The first-order chi connectivity index (χ1) is 12.2. The minimum absolute atomic E-state index is 0.0621. The molecule has 0 radical (unpaired) electrons. The summed E-state index contributed by atoms with van der Waals surface area (Å²) in [7, 11) is 1.95. The third-order valence-electron chi connectivity index (χ3n) is 4.76. The van der Waals surface area contributed by atoms with Gasteiger partial charge >= 0.3 is 0 Å². The fourth-order valence-corrected chi connectivity index (χ4v) is 3.28. The Kier molecular flexibility index (Phi) is 5.71. The van der Waals surface area contributed by atoms with E-state index in [2.05, 4.69) is 17.4 Å². The van der Waals surface area contributed by atoms with Crippen molar-refractivity contribution in [3.05, 3.63) is 54.6 Å². The smallest absolute Gasteiger partial charge is 0.263 e. The van der Waals surface area contributed by atoms with Crippen molar-refractivity contribution in [2.45, 2.75) is 31.9 Å². The number of hydrogen-bond acceptors (Lipinski definition) is 3. The molecule has 0 spiro atoms. The second-order valence-electron chi connectivity index (χ2n) is 6.56. The molecular formula is C21H26N2O2. The molecule has 1 amide bonds. The van der Waals surface area contributed by atoms with Crippen molar-refractivity contribution < 1.29 is 9.53 Å². The summed E-state index contributed by atoms with van der Waals surface area (Å²) >= 11 is 0. The van der Waals surface area contributed by atoms with Crippen molar-refractivity contribution in [2.24, 2.45) is 0 Å². The number of likely N-dealkylation sites (tertiary alicyclic amines) is 1. The van der Waals surface area contributed by atoms with Crippen molar-refractivity contribution in [1.82, 2.24) is 10.2 Å². The molecule has 1 aliphatic rings. The lowest BCUT2D eigenvalue weighted by Gasteiger charge is -2.34. The Morgan fingerprint density at radius 3 is 2.48 bits per heavy atom. The molecule has 0 bridgehead atoms. The first-order valence-electron chi connectivity index (χ1n) is 8.95. The van der Waals surface area contributed by atoms with Crippen LogP contribution in [0, 0.1) is 0 Å². The van der Waals surface area contributed by atoms with Gasteiger partial charge in [0.2, 0.25) is 0 Å². The second kappa shape index (κ2) is 8.17. The fraction of sp³-hybridized carbons (Fsp3) is 0.381. The summed E-state index contributed by atoms with van der Waals surface area (Å²) in [4.78, 5) is 14.5. The van der Waals surface area contributed by atoms with Crippen molar-refractivity contribution in [3.63, 3.8) is 0 Å². The van der Waals surface area contributed by atoms with Gasteiger partial charge in [-0.25, -0.2) is 0 Å². The minimum atomic E-state index is -0.474. The lowest BCUT2D eigenvalue weighted by atomic mass is 10.1. The Morgan fingerprint density at radius 2 is 1.80 bits per heavy atom. The number of amides is 1. The van der Waals surface area contributed by atoms with Gasteiger partial charge in [0.05, 0.1) is 0 Å². The van der Waals surface area contributed by atoms with Crippen molar-refractivity contribution in [2.75, 3.05) is 20.1 Å². The molecule has 0 saturated carbocycles. The minimum Gasteiger partial charge on any atom is -0.481 e. The standard InChI is InChI=1S/C21H26N2O2/c1-16(21(24)23-14-6-9-19(15-23)22-2)25-20-12-10-18(11-13-20)17-7-4-3-5-8-17/h3-5,7-8,10-13,16,19,22H,6,9,14-15H2,1-2H3. The maximum Gasteiger partial charge on any atom is 0.263 e. The van der Waals surface area contributed by atoms with Gasteiger partial charge in [-0.1, -0.05) is 42.5 Å². The summed E-state index contributed by atoms with van der Waals surface area (Å²) in [5.41, 5.74) is 2.31. The molecule has 2 atom stereocenters. The molecule has 2 aromatic rings.